The fourth-order valence-corrected chi connectivity index (χ4v) is 3.73. The number of hydrogen-bond acceptors (Lipinski definition) is 6. The van der Waals surface area contributed by atoms with Gasteiger partial charge in [-0.25, -0.2) is 14.4 Å². The molecule has 3 aromatic carbocycles. The Hall–Kier alpha value is -4.53. The lowest BCUT2D eigenvalue weighted by atomic mass is 10.1. The third-order valence-electron chi connectivity index (χ3n) is 5.65. The number of hydrogen-bond donors (Lipinski definition) is 2. The number of aryl methyl sites for hydroxylation is 1. The van der Waals surface area contributed by atoms with Crippen LogP contribution in [0.1, 0.15) is 31.7 Å². The fourth-order valence-electron chi connectivity index (χ4n) is 3.73. The molecule has 190 valence electrons. The van der Waals surface area contributed by atoms with E-state index in [-0.39, 0.29) is 29.9 Å². The monoisotopic (exact) mass is 502 g/mol. The summed E-state index contributed by atoms with van der Waals surface area (Å²) in [6.07, 6.45) is 3.38. The second-order valence-electron chi connectivity index (χ2n) is 8.28. The van der Waals surface area contributed by atoms with Crippen LogP contribution in [0.2, 0.25) is 0 Å². The maximum Gasteiger partial charge on any atom is 0.230 e. The van der Waals surface area contributed by atoms with Gasteiger partial charge in [-0.15, -0.1) is 0 Å². The number of methoxy groups -OCH3 is 1. The summed E-state index contributed by atoms with van der Waals surface area (Å²) in [6, 6.07) is 17.4. The van der Waals surface area contributed by atoms with Crippen molar-refractivity contribution in [1.82, 2.24) is 9.97 Å². The zero-order chi connectivity index (χ0) is 26.2. The Bertz CT molecular complexity index is 1410. The Morgan fingerprint density at radius 3 is 2.49 bits per heavy atom. The molecule has 4 rings (SSSR count). The SMILES string of the molecule is CCC(=O)Nc1cc2c(Oc3ccc(NC(=O)CCCc4ccccc4)cc3F)ncnc2cc1OC. The molecule has 8 nitrogen and oxygen atoms in total. The van der Waals surface area contributed by atoms with Crippen molar-refractivity contribution in [2.75, 3.05) is 17.7 Å². The third-order valence-corrected chi connectivity index (χ3v) is 5.65. The van der Waals surface area contributed by atoms with Crippen molar-refractivity contribution in [3.8, 4) is 17.4 Å². The zero-order valence-electron chi connectivity index (χ0n) is 20.6. The van der Waals surface area contributed by atoms with Gasteiger partial charge >= 0.3 is 0 Å². The number of nitrogens with zero attached hydrogens (tertiary/aromatic N) is 2. The van der Waals surface area contributed by atoms with Crippen LogP contribution in [0.15, 0.2) is 67.0 Å². The molecule has 0 saturated carbocycles. The van der Waals surface area contributed by atoms with Gasteiger partial charge in [-0.2, -0.15) is 0 Å². The van der Waals surface area contributed by atoms with Gasteiger partial charge in [0.05, 0.1) is 23.7 Å². The number of fused-ring (bicyclic) bond motifs is 1. The number of anilines is 2. The highest BCUT2D eigenvalue weighted by Gasteiger charge is 2.15. The van der Waals surface area contributed by atoms with Crippen LogP contribution in [0.3, 0.4) is 0 Å². The van der Waals surface area contributed by atoms with Gasteiger partial charge in [-0.05, 0) is 36.6 Å². The van der Waals surface area contributed by atoms with Crippen LogP contribution in [-0.4, -0.2) is 28.9 Å². The van der Waals surface area contributed by atoms with Gasteiger partial charge in [0.2, 0.25) is 17.7 Å². The van der Waals surface area contributed by atoms with E-state index in [1.165, 1.54) is 31.1 Å². The second kappa shape index (κ2) is 11.9. The quantitative estimate of drug-likeness (QED) is 0.281. The third kappa shape index (κ3) is 6.58. The highest BCUT2D eigenvalue weighted by molar-refractivity contribution is 5.97. The van der Waals surface area contributed by atoms with Crippen LogP contribution in [0.5, 0.6) is 17.4 Å². The molecule has 0 saturated heterocycles. The van der Waals surface area contributed by atoms with E-state index in [4.69, 9.17) is 9.47 Å². The van der Waals surface area contributed by atoms with Crippen LogP contribution in [0.4, 0.5) is 15.8 Å². The molecule has 0 aliphatic rings. The molecule has 0 aliphatic carbocycles. The molecule has 1 aromatic heterocycles. The molecular weight excluding hydrogens is 475 g/mol. The maximum absolute atomic E-state index is 14.9. The molecule has 0 unspecified atom stereocenters. The molecule has 0 radical (unpaired) electrons. The zero-order valence-corrected chi connectivity index (χ0v) is 20.6. The number of carbonyl (C=O) groups is 2. The second-order valence-corrected chi connectivity index (χ2v) is 8.28. The first-order chi connectivity index (χ1) is 18.0. The molecule has 0 spiro atoms. The number of nitrogens with one attached hydrogen (secondary N) is 2. The minimum atomic E-state index is -0.665. The van der Waals surface area contributed by atoms with E-state index in [0.717, 1.165) is 6.42 Å². The molecular formula is C28H27FN4O4. The first-order valence-corrected chi connectivity index (χ1v) is 11.9. The highest BCUT2D eigenvalue weighted by Crippen LogP contribution is 2.35. The van der Waals surface area contributed by atoms with Crippen LogP contribution in [0, 0.1) is 5.82 Å². The summed E-state index contributed by atoms with van der Waals surface area (Å²) in [5, 5.41) is 5.95. The summed E-state index contributed by atoms with van der Waals surface area (Å²) in [7, 11) is 1.49. The van der Waals surface area contributed by atoms with Crippen LogP contribution in [-0.2, 0) is 16.0 Å². The van der Waals surface area contributed by atoms with Gasteiger partial charge in [0.25, 0.3) is 0 Å². The molecule has 0 fully saturated rings. The highest BCUT2D eigenvalue weighted by atomic mass is 19.1. The van der Waals surface area contributed by atoms with Crippen molar-refractivity contribution in [3.63, 3.8) is 0 Å². The van der Waals surface area contributed by atoms with E-state index in [9.17, 15) is 14.0 Å². The van der Waals surface area contributed by atoms with Crippen molar-refractivity contribution in [2.45, 2.75) is 32.6 Å². The summed E-state index contributed by atoms with van der Waals surface area (Å²) in [6.45, 7) is 1.74. The molecule has 1 heterocycles. The first-order valence-electron chi connectivity index (χ1n) is 11.9. The molecule has 0 atom stereocenters. The van der Waals surface area contributed by atoms with Gasteiger partial charge in [-0.1, -0.05) is 37.3 Å². The summed E-state index contributed by atoms with van der Waals surface area (Å²) >= 11 is 0. The van der Waals surface area contributed by atoms with Gasteiger partial charge < -0.3 is 20.1 Å². The Morgan fingerprint density at radius 2 is 1.76 bits per heavy atom. The standard InChI is InChI=1S/C28H27FN4O4/c1-3-26(34)33-23-15-20-22(16-25(23)36-2)30-17-31-28(20)37-24-13-12-19(14-21(24)29)32-27(35)11-7-10-18-8-5-4-6-9-18/h4-6,8-9,12-17H,3,7,10-11H2,1-2H3,(H,32,35)(H,33,34). The van der Waals surface area contributed by atoms with E-state index in [1.807, 2.05) is 30.3 Å². The van der Waals surface area contributed by atoms with E-state index < -0.39 is 5.82 Å². The van der Waals surface area contributed by atoms with E-state index >= 15 is 0 Å². The Labute approximate surface area is 213 Å². The molecule has 2 amide bonds. The summed E-state index contributed by atoms with van der Waals surface area (Å²) < 4.78 is 26.0. The fraction of sp³-hybridized carbons (Fsp3) is 0.214. The minimum Gasteiger partial charge on any atom is -0.494 e. The molecule has 0 aliphatic heterocycles. The molecule has 9 heteroatoms. The largest absolute Gasteiger partial charge is 0.494 e. The van der Waals surface area contributed by atoms with Crippen LogP contribution < -0.4 is 20.1 Å². The number of carbonyl (C=O) groups excluding carboxylic acids is 2. The lowest BCUT2D eigenvalue weighted by molar-refractivity contribution is -0.116. The van der Waals surface area contributed by atoms with Gasteiger partial charge in [0.1, 0.15) is 12.1 Å². The number of benzene rings is 3. The van der Waals surface area contributed by atoms with Crippen LogP contribution in [0.25, 0.3) is 10.9 Å². The van der Waals surface area contributed by atoms with E-state index in [1.54, 1.807) is 25.1 Å². The number of halogens is 1. The average Bonchev–Trinajstić information content (AvgIpc) is 2.90. The molecule has 0 bridgehead atoms. The van der Waals surface area contributed by atoms with Gasteiger partial charge in [0, 0.05) is 30.7 Å². The predicted molar refractivity (Wildman–Crippen MR) is 139 cm³/mol. The first kappa shape index (κ1) is 25.6. The normalized spacial score (nSPS) is 10.7. The minimum absolute atomic E-state index is 0.0722. The van der Waals surface area contributed by atoms with Crippen molar-refractivity contribution in [2.24, 2.45) is 0 Å². The molecule has 4 aromatic rings. The maximum atomic E-state index is 14.9. The van der Waals surface area contributed by atoms with Crippen molar-refractivity contribution in [3.05, 3.63) is 78.4 Å². The predicted octanol–water partition coefficient (Wildman–Crippen LogP) is 5.88. The average molecular weight is 503 g/mol. The van der Waals surface area contributed by atoms with Crippen molar-refractivity contribution >= 4 is 34.1 Å². The van der Waals surface area contributed by atoms with Gasteiger partial charge in [0.15, 0.2) is 11.6 Å². The Morgan fingerprint density at radius 1 is 0.946 bits per heavy atom. The van der Waals surface area contributed by atoms with E-state index in [2.05, 4.69) is 20.6 Å². The number of ether oxygens (including phenoxy) is 2. The van der Waals surface area contributed by atoms with Crippen LogP contribution >= 0.6 is 0 Å². The summed E-state index contributed by atoms with van der Waals surface area (Å²) in [4.78, 5) is 32.6. The number of amides is 2. The number of rotatable bonds is 10. The summed E-state index contributed by atoms with van der Waals surface area (Å²) in [5.41, 5.74) is 2.42. The van der Waals surface area contributed by atoms with E-state index in [0.29, 0.717) is 40.9 Å². The molecule has 2 N–H and O–H groups in total. The lowest BCUT2D eigenvalue weighted by Gasteiger charge is -2.13. The lowest BCUT2D eigenvalue weighted by Crippen LogP contribution is -2.11. The van der Waals surface area contributed by atoms with Crippen molar-refractivity contribution < 1.29 is 23.5 Å². The topological polar surface area (TPSA) is 102 Å². The Kier molecular flexibility index (Phi) is 8.25. The molecule has 37 heavy (non-hydrogen) atoms. The number of aromatic nitrogens is 2. The van der Waals surface area contributed by atoms with Gasteiger partial charge in [-0.3, -0.25) is 9.59 Å². The van der Waals surface area contributed by atoms with Crippen molar-refractivity contribution in [1.29, 1.82) is 0 Å². The smallest absolute Gasteiger partial charge is 0.230 e. The summed E-state index contributed by atoms with van der Waals surface area (Å²) in [5.74, 6) is -0.591. The Balaban J connectivity index is 1.46.